The van der Waals surface area contributed by atoms with Crippen molar-refractivity contribution in [2.45, 2.75) is 77.9 Å². The monoisotopic (exact) mass is 379 g/mol. The maximum absolute atomic E-state index is 12.3. The summed E-state index contributed by atoms with van der Waals surface area (Å²) >= 11 is 1.47. The summed E-state index contributed by atoms with van der Waals surface area (Å²) in [7, 11) is 0. The van der Waals surface area contributed by atoms with E-state index in [1.165, 1.54) is 30.6 Å². The van der Waals surface area contributed by atoms with Gasteiger partial charge in [-0.15, -0.1) is 0 Å². The summed E-state index contributed by atoms with van der Waals surface area (Å²) in [5.74, 6) is 0.577. The maximum Gasteiger partial charge on any atom is 0.410 e. The Morgan fingerprint density at radius 3 is 2.69 bits per heavy atom. The summed E-state index contributed by atoms with van der Waals surface area (Å²) in [5, 5.41) is 3.62. The highest BCUT2D eigenvalue weighted by Gasteiger charge is 2.28. The minimum Gasteiger partial charge on any atom is -0.444 e. The molecule has 1 aliphatic heterocycles. The van der Waals surface area contributed by atoms with E-state index in [4.69, 9.17) is 4.74 Å². The molecule has 1 N–H and O–H groups in total. The number of nitrogens with zero attached hydrogens (tertiary/aromatic N) is 2. The number of rotatable bonds is 3. The Morgan fingerprint density at radius 1 is 1.27 bits per heavy atom. The average Bonchev–Trinajstić information content (AvgIpc) is 2.95. The number of anilines is 1. The van der Waals surface area contributed by atoms with Gasteiger partial charge in [-0.2, -0.15) is 0 Å². The lowest BCUT2D eigenvalue weighted by Gasteiger charge is -2.29. The highest BCUT2D eigenvalue weighted by Crippen LogP contribution is 2.30. The summed E-state index contributed by atoms with van der Waals surface area (Å²) in [4.78, 5) is 31.8. The lowest BCUT2D eigenvalue weighted by molar-refractivity contribution is -0.117. The van der Waals surface area contributed by atoms with Gasteiger partial charge in [0.25, 0.3) is 0 Å². The number of amides is 2. The van der Waals surface area contributed by atoms with E-state index in [9.17, 15) is 9.59 Å². The fourth-order valence-electron chi connectivity index (χ4n) is 3.56. The van der Waals surface area contributed by atoms with Crippen LogP contribution in [-0.4, -0.2) is 34.0 Å². The minimum absolute atomic E-state index is 0.0620. The topological polar surface area (TPSA) is 71.5 Å². The van der Waals surface area contributed by atoms with Crippen molar-refractivity contribution in [3.05, 3.63) is 10.6 Å². The van der Waals surface area contributed by atoms with Crippen LogP contribution in [0, 0.1) is 5.92 Å². The van der Waals surface area contributed by atoms with Gasteiger partial charge in [0.1, 0.15) is 5.60 Å². The molecule has 2 amide bonds. The highest BCUT2D eigenvalue weighted by atomic mass is 32.1. The van der Waals surface area contributed by atoms with Gasteiger partial charge in [-0.1, -0.05) is 30.6 Å². The van der Waals surface area contributed by atoms with E-state index in [0.717, 1.165) is 23.4 Å². The lowest BCUT2D eigenvalue weighted by Crippen LogP contribution is -2.39. The summed E-state index contributed by atoms with van der Waals surface area (Å²) in [6.45, 7) is 6.70. The summed E-state index contributed by atoms with van der Waals surface area (Å²) in [5.41, 5.74) is 0.492. The van der Waals surface area contributed by atoms with E-state index in [0.29, 0.717) is 37.0 Å². The first-order valence-electron chi connectivity index (χ1n) is 9.56. The van der Waals surface area contributed by atoms with Crippen LogP contribution < -0.4 is 5.32 Å². The van der Waals surface area contributed by atoms with Crippen LogP contribution in [0.3, 0.4) is 0 Å². The first kappa shape index (κ1) is 19.1. The molecule has 0 spiro atoms. The van der Waals surface area contributed by atoms with Crippen LogP contribution in [0.4, 0.5) is 9.93 Å². The molecule has 1 fully saturated rings. The van der Waals surface area contributed by atoms with Crippen LogP contribution in [0.15, 0.2) is 0 Å². The quantitative estimate of drug-likeness (QED) is 0.848. The van der Waals surface area contributed by atoms with Crippen LogP contribution in [0.25, 0.3) is 0 Å². The van der Waals surface area contributed by atoms with Gasteiger partial charge in [0.15, 0.2) is 5.13 Å². The molecular formula is C19H29N3O3S. The van der Waals surface area contributed by atoms with Crippen molar-refractivity contribution in [1.82, 2.24) is 9.88 Å². The Labute approximate surface area is 159 Å². The number of nitrogens with one attached hydrogen (secondary N) is 1. The summed E-state index contributed by atoms with van der Waals surface area (Å²) in [6, 6.07) is 0. The number of fused-ring (bicyclic) bond motifs is 1. The molecule has 26 heavy (non-hydrogen) atoms. The predicted molar refractivity (Wildman–Crippen MR) is 102 cm³/mol. The fourth-order valence-corrected chi connectivity index (χ4v) is 4.60. The fraction of sp³-hybridized carbons (Fsp3) is 0.737. The van der Waals surface area contributed by atoms with E-state index >= 15 is 0 Å². The molecule has 144 valence electrons. The number of ether oxygens (including phenoxy) is 1. The van der Waals surface area contributed by atoms with Gasteiger partial charge in [0.05, 0.1) is 12.2 Å². The molecule has 0 saturated heterocycles. The van der Waals surface area contributed by atoms with Crippen LogP contribution >= 0.6 is 11.3 Å². The standard InChI is InChI=1S/C19H29N3O3S/c1-19(2,3)25-18(24)22-10-9-14-15(12-22)26-17(20-14)21-16(23)11-13-7-5-4-6-8-13/h13H,4-12H2,1-3H3,(H,20,21,23). The van der Waals surface area contributed by atoms with Crippen molar-refractivity contribution in [3.63, 3.8) is 0 Å². The molecule has 6 nitrogen and oxygen atoms in total. The minimum atomic E-state index is -0.497. The van der Waals surface area contributed by atoms with Crippen LogP contribution in [0.1, 0.15) is 69.9 Å². The van der Waals surface area contributed by atoms with Crippen molar-refractivity contribution in [2.75, 3.05) is 11.9 Å². The molecule has 0 aromatic carbocycles. The van der Waals surface area contributed by atoms with Crippen LogP contribution in [0.5, 0.6) is 0 Å². The summed E-state index contributed by atoms with van der Waals surface area (Å²) in [6.07, 6.45) is 7.09. The Morgan fingerprint density at radius 2 is 2.00 bits per heavy atom. The van der Waals surface area contributed by atoms with Gasteiger partial charge in [-0.05, 0) is 39.5 Å². The van der Waals surface area contributed by atoms with Crippen molar-refractivity contribution >= 4 is 28.5 Å². The zero-order valence-electron chi connectivity index (χ0n) is 16.0. The molecule has 0 radical (unpaired) electrons. The van der Waals surface area contributed by atoms with E-state index < -0.39 is 5.60 Å². The number of carbonyl (C=O) groups is 2. The molecule has 3 rings (SSSR count). The van der Waals surface area contributed by atoms with E-state index in [-0.39, 0.29) is 12.0 Å². The molecule has 2 aliphatic rings. The molecule has 2 heterocycles. The van der Waals surface area contributed by atoms with Crippen molar-refractivity contribution in [3.8, 4) is 0 Å². The van der Waals surface area contributed by atoms with Gasteiger partial charge in [0, 0.05) is 24.3 Å². The molecular weight excluding hydrogens is 350 g/mol. The second kappa shape index (κ2) is 7.94. The predicted octanol–water partition coefficient (Wildman–Crippen LogP) is 4.35. The lowest BCUT2D eigenvalue weighted by atomic mass is 9.87. The Balaban J connectivity index is 1.55. The normalized spacial score (nSPS) is 18.3. The first-order chi connectivity index (χ1) is 12.3. The average molecular weight is 380 g/mol. The third kappa shape index (κ3) is 5.19. The smallest absolute Gasteiger partial charge is 0.410 e. The number of aromatic nitrogens is 1. The second-order valence-electron chi connectivity index (χ2n) is 8.30. The molecule has 1 aliphatic carbocycles. The number of carbonyl (C=O) groups excluding carboxylic acids is 2. The zero-order valence-corrected chi connectivity index (χ0v) is 16.8. The van der Waals surface area contributed by atoms with Crippen LogP contribution in [0.2, 0.25) is 0 Å². The van der Waals surface area contributed by atoms with Crippen molar-refractivity contribution in [1.29, 1.82) is 0 Å². The largest absolute Gasteiger partial charge is 0.444 e. The zero-order chi connectivity index (χ0) is 18.7. The van der Waals surface area contributed by atoms with Gasteiger partial charge in [0.2, 0.25) is 5.91 Å². The SMILES string of the molecule is CC(C)(C)OC(=O)N1CCc2nc(NC(=O)CC3CCCCC3)sc2C1. The van der Waals surface area contributed by atoms with Crippen LogP contribution in [-0.2, 0) is 22.5 Å². The Hall–Kier alpha value is -1.63. The molecule has 1 aromatic heterocycles. The van der Waals surface area contributed by atoms with E-state index in [1.54, 1.807) is 4.90 Å². The molecule has 0 unspecified atom stereocenters. The highest BCUT2D eigenvalue weighted by molar-refractivity contribution is 7.15. The first-order valence-corrected chi connectivity index (χ1v) is 10.4. The molecule has 1 saturated carbocycles. The van der Waals surface area contributed by atoms with Gasteiger partial charge in [-0.25, -0.2) is 9.78 Å². The van der Waals surface area contributed by atoms with Gasteiger partial charge >= 0.3 is 6.09 Å². The van der Waals surface area contributed by atoms with Gasteiger partial charge < -0.3 is 15.0 Å². The number of hydrogen-bond donors (Lipinski definition) is 1. The summed E-state index contributed by atoms with van der Waals surface area (Å²) < 4.78 is 5.45. The molecule has 0 bridgehead atoms. The maximum atomic E-state index is 12.3. The van der Waals surface area contributed by atoms with Crippen molar-refractivity contribution < 1.29 is 14.3 Å². The Kier molecular flexibility index (Phi) is 5.85. The van der Waals surface area contributed by atoms with E-state index in [2.05, 4.69) is 10.3 Å². The third-order valence-electron chi connectivity index (χ3n) is 4.83. The number of hydrogen-bond acceptors (Lipinski definition) is 5. The number of thiazole rings is 1. The third-order valence-corrected chi connectivity index (χ3v) is 5.83. The molecule has 7 heteroatoms. The molecule has 0 atom stereocenters. The molecule has 1 aromatic rings. The van der Waals surface area contributed by atoms with Crippen molar-refractivity contribution in [2.24, 2.45) is 5.92 Å². The Bertz CT molecular complexity index is 659. The second-order valence-corrected chi connectivity index (χ2v) is 9.38. The van der Waals surface area contributed by atoms with Gasteiger partial charge in [-0.3, -0.25) is 4.79 Å². The van der Waals surface area contributed by atoms with E-state index in [1.807, 2.05) is 20.8 Å².